The van der Waals surface area contributed by atoms with Crippen molar-refractivity contribution in [3.63, 3.8) is 0 Å². The number of halogens is 2. The van der Waals surface area contributed by atoms with Gasteiger partial charge in [-0.05, 0) is 48.5 Å². The molecular formula is C20H12Cl2N2O2S. The molecule has 1 aromatic heterocycles. The number of aromatic nitrogens is 1. The van der Waals surface area contributed by atoms with Crippen LogP contribution in [0.5, 0.6) is 5.75 Å². The van der Waals surface area contributed by atoms with Gasteiger partial charge in [0.1, 0.15) is 11.4 Å². The van der Waals surface area contributed by atoms with Gasteiger partial charge in [0, 0.05) is 26.7 Å². The standard InChI is InChI=1S/C20H12Cl2N2O2S/c21-11-5-7-16(25)13(9-11)18-20(19(26)15-3-1-2-8-23-15)27-17-10-12(22)4-6-14(17)24-18/h1-10,24-25H. The first-order valence-corrected chi connectivity index (χ1v) is 9.53. The molecule has 2 aromatic carbocycles. The normalized spacial score (nSPS) is 13.1. The van der Waals surface area contributed by atoms with Crippen LogP contribution in [0.25, 0.3) is 5.70 Å². The number of ketones is 1. The number of anilines is 1. The molecule has 0 fully saturated rings. The molecule has 4 nitrogen and oxygen atoms in total. The van der Waals surface area contributed by atoms with E-state index >= 15 is 0 Å². The predicted octanol–water partition coefficient (Wildman–Crippen LogP) is 5.86. The van der Waals surface area contributed by atoms with Crippen molar-refractivity contribution >= 4 is 52.1 Å². The number of benzene rings is 2. The van der Waals surface area contributed by atoms with Crippen LogP contribution in [0.2, 0.25) is 10.0 Å². The Morgan fingerprint density at radius 2 is 1.81 bits per heavy atom. The Kier molecular flexibility index (Phi) is 4.83. The van der Waals surface area contributed by atoms with Gasteiger partial charge in [0.25, 0.3) is 0 Å². The zero-order valence-electron chi connectivity index (χ0n) is 13.7. The van der Waals surface area contributed by atoms with Gasteiger partial charge < -0.3 is 10.4 Å². The van der Waals surface area contributed by atoms with Crippen LogP contribution in [0.1, 0.15) is 16.1 Å². The largest absolute Gasteiger partial charge is 0.507 e. The van der Waals surface area contributed by atoms with Crippen LogP contribution >= 0.6 is 35.0 Å². The molecule has 2 heterocycles. The molecular weight excluding hydrogens is 403 g/mol. The number of hydrogen-bond acceptors (Lipinski definition) is 5. The van der Waals surface area contributed by atoms with Gasteiger partial charge in [-0.3, -0.25) is 9.78 Å². The first kappa shape index (κ1) is 17.9. The van der Waals surface area contributed by atoms with Crippen molar-refractivity contribution in [1.29, 1.82) is 0 Å². The molecule has 4 rings (SSSR count). The smallest absolute Gasteiger partial charge is 0.220 e. The second-order valence-corrected chi connectivity index (χ2v) is 7.70. The maximum absolute atomic E-state index is 13.1. The number of carbonyl (C=O) groups is 1. The molecule has 7 heteroatoms. The Labute approximate surface area is 169 Å². The predicted molar refractivity (Wildman–Crippen MR) is 110 cm³/mol. The van der Waals surface area contributed by atoms with E-state index in [9.17, 15) is 9.90 Å². The topological polar surface area (TPSA) is 62.2 Å². The fraction of sp³-hybridized carbons (Fsp3) is 0. The highest BCUT2D eigenvalue weighted by molar-refractivity contribution is 8.04. The van der Waals surface area contributed by atoms with Crippen LogP contribution < -0.4 is 5.32 Å². The lowest BCUT2D eigenvalue weighted by Gasteiger charge is -2.24. The molecule has 0 aliphatic carbocycles. The number of allylic oxidation sites excluding steroid dienone is 1. The number of hydrogen-bond donors (Lipinski definition) is 2. The molecule has 1 aliphatic rings. The highest BCUT2D eigenvalue weighted by Crippen LogP contribution is 2.46. The third kappa shape index (κ3) is 3.54. The van der Waals surface area contributed by atoms with Crippen molar-refractivity contribution < 1.29 is 9.90 Å². The van der Waals surface area contributed by atoms with Crippen molar-refractivity contribution in [3.8, 4) is 5.75 Å². The molecule has 0 spiro atoms. The lowest BCUT2D eigenvalue weighted by atomic mass is 10.1. The summed E-state index contributed by atoms with van der Waals surface area (Å²) >= 11 is 13.5. The van der Waals surface area contributed by atoms with Gasteiger partial charge in [-0.1, -0.05) is 41.0 Å². The summed E-state index contributed by atoms with van der Waals surface area (Å²) in [7, 11) is 0. The Bertz CT molecular complexity index is 1080. The molecule has 2 N–H and O–H groups in total. The fourth-order valence-electron chi connectivity index (χ4n) is 2.71. The second-order valence-electron chi connectivity index (χ2n) is 5.78. The van der Waals surface area contributed by atoms with Gasteiger partial charge in [0.2, 0.25) is 5.78 Å². The van der Waals surface area contributed by atoms with E-state index in [-0.39, 0.29) is 11.5 Å². The van der Waals surface area contributed by atoms with Gasteiger partial charge in [0.15, 0.2) is 0 Å². The van der Waals surface area contributed by atoms with Crippen molar-refractivity contribution in [1.82, 2.24) is 4.98 Å². The molecule has 0 amide bonds. The molecule has 0 unspecified atom stereocenters. The van der Waals surface area contributed by atoms with Crippen molar-refractivity contribution in [2.24, 2.45) is 0 Å². The minimum Gasteiger partial charge on any atom is -0.507 e. The minimum absolute atomic E-state index is 0.0197. The number of nitrogens with one attached hydrogen (secondary N) is 1. The summed E-state index contributed by atoms with van der Waals surface area (Å²) in [5, 5.41) is 14.6. The summed E-state index contributed by atoms with van der Waals surface area (Å²) in [6, 6.07) is 15.2. The van der Waals surface area contributed by atoms with Crippen LogP contribution in [0.15, 0.2) is 70.6 Å². The molecule has 0 saturated heterocycles. The highest BCUT2D eigenvalue weighted by Gasteiger charge is 2.28. The first-order chi connectivity index (χ1) is 13.0. The van der Waals surface area contributed by atoms with E-state index in [4.69, 9.17) is 23.2 Å². The molecule has 0 bridgehead atoms. The SMILES string of the molecule is O=C(C1=C(c2cc(Cl)ccc2O)Nc2ccc(Cl)cc2S1)c1ccccn1. The van der Waals surface area contributed by atoms with Gasteiger partial charge in [0.05, 0.1) is 16.3 Å². The quantitative estimate of drug-likeness (QED) is 0.525. The first-order valence-electron chi connectivity index (χ1n) is 7.96. The van der Waals surface area contributed by atoms with Crippen LogP contribution in [0.4, 0.5) is 5.69 Å². The number of aromatic hydroxyl groups is 1. The summed E-state index contributed by atoms with van der Waals surface area (Å²) in [5.41, 5.74) is 2.02. The van der Waals surface area contributed by atoms with Crippen molar-refractivity contribution in [2.75, 3.05) is 5.32 Å². The maximum Gasteiger partial charge on any atom is 0.220 e. The molecule has 0 atom stereocenters. The maximum atomic E-state index is 13.1. The van der Waals surface area contributed by atoms with Gasteiger partial charge in [-0.15, -0.1) is 0 Å². The highest BCUT2D eigenvalue weighted by atomic mass is 35.5. The molecule has 27 heavy (non-hydrogen) atoms. The summed E-state index contributed by atoms with van der Waals surface area (Å²) in [6.45, 7) is 0. The van der Waals surface area contributed by atoms with E-state index in [0.29, 0.717) is 31.9 Å². The summed E-state index contributed by atoms with van der Waals surface area (Å²) < 4.78 is 0. The third-order valence-corrected chi connectivity index (χ3v) is 5.60. The average Bonchev–Trinajstić information content (AvgIpc) is 2.69. The molecule has 0 saturated carbocycles. The zero-order chi connectivity index (χ0) is 19.0. The summed E-state index contributed by atoms with van der Waals surface area (Å²) in [6.07, 6.45) is 1.57. The number of nitrogens with zero attached hydrogens (tertiary/aromatic N) is 1. The Hall–Kier alpha value is -2.47. The molecule has 3 aromatic rings. The molecule has 134 valence electrons. The van der Waals surface area contributed by atoms with E-state index < -0.39 is 0 Å². The second kappa shape index (κ2) is 7.27. The monoisotopic (exact) mass is 414 g/mol. The third-order valence-electron chi connectivity index (χ3n) is 3.97. The van der Waals surface area contributed by atoms with Gasteiger partial charge >= 0.3 is 0 Å². The number of thioether (sulfide) groups is 1. The fourth-order valence-corrected chi connectivity index (χ4v) is 4.21. The van der Waals surface area contributed by atoms with Crippen LogP contribution in [-0.2, 0) is 0 Å². The number of rotatable bonds is 3. The minimum atomic E-state index is -0.256. The number of pyridine rings is 1. The Balaban J connectivity index is 1.90. The molecule has 0 radical (unpaired) electrons. The van der Waals surface area contributed by atoms with E-state index in [2.05, 4.69) is 10.3 Å². The van der Waals surface area contributed by atoms with E-state index in [1.165, 1.54) is 17.8 Å². The number of carbonyl (C=O) groups excluding carboxylic acids is 1. The number of phenols is 1. The number of fused-ring (bicyclic) bond motifs is 1. The number of phenolic OH excluding ortho intramolecular Hbond substituents is 1. The number of Topliss-reactive ketones (excluding diaryl/α,β-unsaturated/α-hetero) is 1. The summed E-state index contributed by atoms with van der Waals surface area (Å²) in [5.74, 6) is -0.237. The molecule has 1 aliphatic heterocycles. The van der Waals surface area contributed by atoms with Crippen molar-refractivity contribution in [2.45, 2.75) is 4.90 Å². The van der Waals surface area contributed by atoms with Crippen LogP contribution in [0, 0.1) is 0 Å². The van der Waals surface area contributed by atoms with Crippen LogP contribution in [0.3, 0.4) is 0 Å². The Morgan fingerprint density at radius 3 is 2.59 bits per heavy atom. The summed E-state index contributed by atoms with van der Waals surface area (Å²) in [4.78, 5) is 18.5. The van der Waals surface area contributed by atoms with Gasteiger partial charge in [-0.25, -0.2) is 0 Å². The van der Waals surface area contributed by atoms with Gasteiger partial charge in [-0.2, -0.15) is 0 Å². The zero-order valence-corrected chi connectivity index (χ0v) is 16.1. The van der Waals surface area contributed by atoms with E-state index in [1.807, 2.05) is 6.07 Å². The lowest BCUT2D eigenvalue weighted by Crippen LogP contribution is -2.14. The average molecular weight is 415 g/mol. The van der Waals surface area contributed by atoms with E-state index in [1.54, 1.807) is 48.7 Å². The lowest BCUT2D eigenvalue weighted by molar-refractivity contribution is 0.103. The van der Waals surface area contributed by atoms with Crippen molar-refractivity contribution in [3.05, 3.63) is 87.0 Å². The van der Waals surface area contributed by atoms with Crippen LogP contribution in [-0.4, -0.2) is 15.9 Å². The van der Waals surface area contributed by atoms with E-state index in [0.717, 1.165) is 10.6 Å². The Morgan fingerprint density at radius 1 is 1.04 bits per heavy atom.